The molecule has 74 valence electrons. The minimum absolute atomic E-state index is 0.00902. The summed E-state index contributed by atoms with van der Waals surface area (Å²) in [5.74, 6) is 0.793. The van der Waals surface area contributed by atoms with E-state index in [-0.39, 0.29) is 6.61 Å². The molecule has 0 aliphatic heterocycles. The van der Waals surface area contributed by atoms with Gasteiger partial charge in [-0.1, -0.05) is 6.07 Å². The second-order valence-electron chi connectivity index (χ2n) is 2.80. The van der Waals surface area contributed by atoms with Gasteiger partial charge in [-0.15, -0.1) is 11.3 Å². The van der Waals surface area contributed by atoms with Crippen LogP contribution in [0.2, 0.25) is 0 Å². The minimum atomic E-state index is -0.00902. The summed E-state index contributed by atoms with van der Waals surface area (Å²) < 4.78 is 6.50. The van der Waals surface area contributed by atoms with E-state index in [0.717, 1.165) is 21.0 Å². The molecule has 0 unspecified atom stereocenters. The van der Waals surface area contributed by atoms with Crippen molar-refractivity contribution in [3.8, 4) is 5.75 Å². The fourth-order valence-corrected chi connectivity index (χ4v) is 2.15. The number of aromatic nitrogens is 1. The van der Waals surface area contributed by atoms with Crippen molar-refractivity contribution >= 4 is 21.6 Å². The number of nitrogens with zero attached hydrogens (tertiary/aromatic N) is 1. The number of ether oxygens (including phenoxy) is 1. The van der Waals surface area contributed by atoms with E-state index in [2.05, 4.69) is 4.98 Å². The summed E-state index contributed by atoms with van der Waals surface area (Å²) in [6.45, 7) is 2.56. The molecule has 1 aromatic heterocycles. The fourth-order valence-electron chi connectivity index (χ4n) is 1.31. The van der Waals surface area contributed by atoms with Gasteiger partial charge in [0, 0.05) is 0 Å². The molecule has 0 aliphatic carbocycles. The van der Waals surface area contributed by atoms with Crippen LogP contribution in [0.25, 0.3) is 10.2 Å². The van der Waals surface area contributed by atoms with Gasteiger partial charge in [0.2, 0.25) is 0 Å². The van der Waals surface area contributed by atoms with Crippen molar-refractivity contribution in [3.63, 3.8) is 0 Å². The van der Waals surface area contributed by atoms with Crippen molar-refractivity contribution < 1.29 is 9.84 Å². The second kappa shape index (κ2) is 3.94. The van der Waals surface area contributed by atoms with Crippen LogP contribution in [0, 0.1) is 0 Å². The van der Waals surface area contributed by atoms with Gasteiger partial charge in [-0.3, -0.25) is 0 Å². The Bertz CT molecular complexity index is 439. The first-order valence-corrected chi connectivity index (χ1v) is 5.29. The van der Waals surface area contributed by atoms with E-state index in [1.165, 1.54) is 11.3 Å². The van der Waals surface area contributed by atoms with Gasteiger partial charge in [-0.25, -0.2) is 4.98 Å². The fraction of sp³-hybridized carbons (Fsp3) is 0.300. The molecule has 0 atom stereocenters. The van der Waals surface area contributed by atoms with Crippen molar-refractivity contribution in [2.45, 2.75) is 13.5 Å². The number of para-hydroxylation sites is 1. The van der Waals surface area contributed by atoms with Gasteiger partial charge in [-0.05, 0) is 19.1 Å². The molecular weight excluding hydrogens is 198 g/mol. The zero-order chi connectivity index (χ0) is 9.97. The van der Waals surface area contributed by atoms with Crippen LogP contribution < -0.4 is 4.74 Å². The van der Waals surface area contributed by atoms with Crippen LogP contribution >= 0.6 is 11.3 Å². The lowest BCUT2D eigenvalue weighted by Gasteiger charge is -2.01. The van der Waals surface area contributed by atoms with Crippen LogP contribution in [-0.2, 0) is 6.61 Å². The summed E-state index contributed by atoms with van der Waals surface area (Å²) in [7, 11) is 0. The first-order valence-electron chi connectivity index (χ1n) is 4.47. The maximum absolute atomic E-state index is 8.97. The van der Waals surface area contributed by atoms with E-state index in [1.807, 2.05) is 25.1 Å². The second-order valence-corrected chi connectivity index (χ2v) is 3.92. The van der Waals surface area contributed by atoms with Crippen LogP contribution in [0.15, 0.2) is 18.2 Å². The topological polar surface area (TPSA) is 42.4 Å². The third-order valence-corrected chi connectivity index (χ3v) is 2.87. The normalized spacial score (nSPS) is 10.7. The van der Waals surface area contributed by atoms with E-state index in [9.17, 15) is 0 Å². The first kappa shape index (κ1) is 9.43. The van der Waals surface area contributed by atoms with Crippen LogP contribution in [0.4, 0.5) is 0 Å². The lowest BCUT2D eigenvalue weighted by atomic mass is 10.3. The molecule has 1 N–H and O–H groups in total. The smallest absolute Gasteiger partial charge is 0.146 e. The highest BCUT2D eigenvalue weighted by atomic mass is 32.1. The Kier molecular flexibility index (Phi) is 2.65. The largest absolute Gasteiger partial charge is 0.492 e. The molecule has 0 saturated heterocycles. The number of benzene rings is 1. The van der Waals surface area contributed by atoms with Crippen molar-refractivity contribution in [2.24, 2.45) is 0 Å². The maximum atomic E-state index is 8.97. The quantitative estimate of drug-likeness (QED) is 0.842. The molecule has 14 heavy (non-hydrogen) atoms. The average molecular weight is 209 g/mol. The van der Waals surface area contributed by atoms with Gasteiger partial charge in [-0.2, -0.15) is 0 Å². The molecule has 1 heterocycles. The Labute approximate surface area is 86.0 Å². The third kappa shape index (κ3) is 1.58. The summed E-state index contributed by atoms with van der Waals surface area (Å²) in [5, 5.41) is 9.70. The molecule has 0 spiro atoms. The van der Waals surface area contributed by atoms with Gasteiger partial charge >= 0.3 is 0 Å². The summed E-state index contributed by atoms with van der Waals surface area (Å²) in [4.78, 5) is 4.29. The molecule has 2 rings (SSSR count). The van der Waals surface area contributed by atoms with Crippen molar-refractivity contribution in [1.29, 1.82) is 0 Å². The lowest BCUT2D eigenvalue weighted by Crippen LogP contribution is -1.91. The Morgan fingerprint density at radius 1 is 1.50 bits per heavy atom. The third-order valence-electron chi connectivity index (χ3n) is 1.86. The van der Waals surface area contributed by atoms with Crippen molar-refractivity contribution in [1.82, 2.24) is 4.98 Å². The Morgan fingerprint density at radius 2 is 2.36 bits per heavy atom. The van der Waals surface area contributed by atoms with Crippen LogP contribution in [0.5, 0.6) is 5.75 Å². The highest BCUT2D eigenvalue weighted by molar-refractivity contribution is 7.18. The van der Waals surface area contributed by atoms with Gasteiger partial charge in [0.25, 0.3) is 0 Å². The minimum Gasteiger partial charge on any atom is -0.492 e. The van der Waals surface area contributed by atoms with Crippen LogP contribution in [0.3, 0.4) is 0 Å². The molecule has 0 amide bonds. The molecule has 0 radical (unpaired) electrons. The molecule has 3 nitrogen and oxygen atoms in total. The highest BCUT2D eigenvalue weighted by Gasteiger charge is 2.07. The van der Waals surface area contributed by atoms with Gasteiger partial charge < -0.3 is 9.84 Å². The van der Waals surface area contributed by atoms with E-state index >= 15 is 0 Å². The predicted molar refractivity (Wildman–Crippen MR) is 56.7 cm³/mol. The maximum Gasteiger partial charge on any atom is 0.146 e. The molecule has 0 fully saturated rings. The predicted octanol–water partition coefficient (Wildman–Crippen LogP) is 2.19. The molecular formula is C10H11NO2S. The number of rotatable bonds is 3. The van der Waals surface area contributed by atoms with E-state index in [4.69, 9.17) is 9.84 Å². The van der Waals surface area contributed by atoms with Crippen molar-refractivity contribution in [2.75, 3.05) is 6.61 Å². The average Bonchev–Trinajstić information content (AvgIpc) is 2.62. The number of thiazole rings is 1. The number of hydrogen-bond donors (Lipinski definition) is 1. The van der Waals surface area contributed by atoms with E-state index in [0.29, 0.717) is 6.61 Å². The monoisotopic (exact) mass is 209 g/mol. The molecule has 4 heteroatoms. The number of fused-ring (bicyclic) bond motifs is 1. The standard InChI is InChI=1S/C10H11NO2S/c1-2-13-7-4-3-5-8-10(7)11-9(6-12)14-8/h3-5,12H,2,6H2,1H3. The number of hydrogen-bond acceptors (Lipinski definition) is 4. The summed E-state index contributed by atoms with van der Waals surface area (Å²) >= 11 is 1.50. The summed E-state index contributed by atoms with van der Waals surface area (Å²) in [6, 6.07) is 5.81. The van der Waals surface area contributed by atoms with E-state index in [1.54, 1.807) is 0 Å². The summed E-state index contributed by atoms with van der Waals surface area (Å²) in [6.07, 6.45) is 0. The zero-order valence-corrected chi connectivity index (χ0v) is 8.67. The van der Waals surface area contributed by atoms with E-state index < -0.39 is 0 Å². The lowest BCUT2D eigenvalue weighted by molar-refractivity contribution is 0.281. The molecule has 0 aliphatic rings. The Balaban J connectivity index is 2.55. The molecule has 0 saturated carbocycles. The van der Waals surface area contributed by atoms with Gasteiger partial charge in [0.1, 0.15) is 16.3 Å². The van der Waals surface area contributed by atoms with Crippen LogP contribution in [0.1, 0.15) is 11.9 Å². The molecule has 1 aromatic carbocycles. The number of aliphatic hydroxyl groups excluding tert-OH is 1. The van der Waals surface area contributed by atoms with Gasteiger partial charge in [0.15, 0.2) is 0 Å². The molecule has 0 bridgehead atoms. The van der Waals surface area contributed by atoms with Crippen LogP contribution in [-0.4, -0.2) is 16.7 Å². The Hall–Kier alpha value is -1.13. The Morgan fingerprint density at radius 3 is 3.07 bits per heavy atom. The summed E-state index contributed by atoms with van der Waals surface area (Å²) in [5.41, 5.74) is 0.850. The first-order chi connectivity index (χ1) is 6.85. The zero-order valence-electron chi connectivity index (χ0n) is 7.86. The van der Waals surface area contributed by atoms with Gasteiger partial charge in [0.05, 0.1) is 17.9 Å². The van der Waals surface area contributed by atoms with Crippen molar-refractivity contribution in [3.05, 3.63) is 23.2 Å². The number of aliphatic hydroxyl groups is 1. The molecule has 2 aromatic rings. The SMILES string of the molecule is CCOc1cccc2sc(CO)nc12. The highest BCUT2D eigenvalue weighted by Crippen LogP contribution is 2.29.